The molecule has 0 spiro atoms. The third-order valence-electron chi connectivity index (χ3n) is 3.59. The Hall–Kier alpha value is -1.27. The van der Waals surface area contributed by atoms with E-state index in [9.17, 15) is 0 Å². The van der Waals surface area contributed by atoms with Gasteiger partial charge < -0.3 is 9.84 Å². The van der Waals surface area contributed by atoms with Gasteiger partial charge in [0.15, 0.2) is 0 Å². The first kappa shape index (κ1) is 12.7. The van der Waals surface area contributed by atoms with E-state index in [1.54, 1.807) is 16.8 Å². The normalized spacial score (nSPS) is 23.0. The van der Waals surface area contributed by atoms with Crippen molar-refractivity contribution in [2.24, 2.45) is 0 Å². The lowest BCUT2D eigenvalue weighted by Gasteiger charge is -2.17. The summed E-state index contributed by atoms with van der Waals surface area (Å²) in [6.45, 7) is 3.23. The molecule has 0 amide bonds. The molecule has 0 bridgehead atoms. The van der Waals surface area contributed by atoms with Gasteiger partial charge in [-0.15, -0.1) is 11.3 Å². The van der Waals surface area contributed by atoms with Crippen LogP contribution in [0.1, 0.15) is 44.4 Å². The summed E-state index contributed by atoms with van der Waals surface area (Å²) in [4.78, 5) is 8.73. The molecule has 1 saturated carbocycles. The van der Waals surface area contributed by atoms with Crippen molar-refractivity contribution < 1.29 is 4.52 Å². The Morgan fingerprint density at radius 2 is 2.42 bits per heavy atom. The van der Waals surface area contributed by atoms with Crippen molar-refractivity contribution >= 4 is 11.3 Å². The highest BCUT2D eigenvalue weighted by molar-refractivity contribution is 7.07. The fraction of sp³-hybridized carbons (Fsp3) is 0.615. The van der Waals surface area contributed by atoms with Crippen LogP contribution in [0.3, 0.4) is 0 Å². The first-order chi connectivity index (χ1) is 9.38. The van der Waals surface area contributed by atoms with Crippen molar-refractivity contribution in [2.75, 3.05) is 6.54 Å². The van der Waals surface area contributed by atoms with E-state index in [0.29, 0.717) is 17.8 Å². The minimum Gasteiger partial charge on any atom is -0.339 e. The summed E-state index contributed by atoms with van der Waals surface area (Å²) in [6.07, 6.45) is 4.69. The van der Waals surface area contributed by atoms with Crippen molar-refractivity contribution in [1.82, 2.24) is 20.4 Å². The molecule has 1 fully saturated rings. The minimum atomic E-state index is 0.353. The Bertz CT molecular complexity index is 510. The summed E-state index contributed by atoms with van der Waals surface area (Å²) in [5.74, 6) is 1.72. The van der Waals surface area contributed by atoms with Gasteiger partial charge in [0, 0.05) is 11.4 Å². The zero-order valence-electron chi connectivity index (χ0n) is 11.0. The molecule has 2 atom stereocenters. The molecule has 2 unspecified atom stereocenters. The molecule has 19 heavy (non-hydrogen) atoms. The van der Waals surface area contributed by atoms with Gasteiger partial charge in [0.1, 0.15) is 5.69 Å². The van der Waals surface area contributed by atoms with Crippen molar-refractivity contribution in [2.45, 2.75) is 44.6 Å². The summed E-state index contributed by atoms with van der Waals surface area (Å²) < 4.78 is 5.45. The van der Waals surface area contributed by atoms with Crippen molar-refractivity contribution in [3.8, 4) is 11.5 Å². The summed E-state index contributed by atoms with van der Waals surface area (Å²) >= 11 is 1.54. The Labute approximate surface area is 116 Å². The molecule has 3 rings (SSSR count). The van der Waals surface area contributed by atoms with Crippen LogP contribution in [-0.2, 0) is 0 Å². The molecule has 2 heterocycles. The van der Waals surface area contributed by atoms with Gasteiger partial charge >= 0.3 is 0 Å². The first-order valence-electron chi connectivity index (χ1n) is 6.84. The molecule has 0 radical (unpaired) electrons. The van der Waals surface area contributed by atoms with Crippen LogP contribution >= 0.6 is 11.3 Å². The van der Waals surface area contributed by atoms with E-state index in [1.165, 1.54) is 12.8 Å². The summed E-state index contributed by atoms with van der Waals surface area (Å²) in [6, 6.07) is 0.476. The van der Waals surface area contributed by atoms with E-state index in [2.05, 4.69) is 27.4 Å². The SMILES string of the molecule is CCCNC1CCCC1c1nc(-c2cscn2)no1. The molecule has 102 valence electrons. The summed E-state index contributed by atoms with van der Waals surface area (Å²) in [5, 5.41) is 9.57. The highest BCUT2D eigenvalue weighted by Crippen LogP contribution is 2.34. The second kappa shape index (κ2) is 5.79. The van der Waals surface area contributed by atoms with Gasteiger partial charge in [-0.05, 0) is 25.8 Å². The minimum absolute atomic E-state index is 0.353. The monoisotopic (exact) mass is 278 g/mol. The van der Waals surface area contributed by atoms with Crippen LogP contribution < -0.4 is 5.32 Å². The Balaban J connectivity index is 1.75. The van der Waals surface area contributed by atoms with Crippen LogP contribution in [0.25, 0.3) is 11.5 Å². The van der Waals surface area contributed by atoms with Gasteiger partial charge in [-0.25, -0.2) is 4.98 Å². The number of rotatable bonds is 5. The fourth-order valence-corrected chi connectivity index (χ4v) is 3.17. The Morgan fingerprint density at radius 3 is 3.21 bits per heavy atom. The molecule has 2 aromatic heterocycles. The number of hydrogen-bond acceptors (Lipinski definition) is 6. The van der Waals surface area contributed by atoms with E-state index in [0.717, 1.165) is 31.0 Å². The lowest BCUT2D eigenvalue weighted by molar-refractivity contribution is 0.330. The molecule has 2 aromatic rings. The average molecular weight is 278 g/mol. The standard InChI is InChI=1S/C13H18N4OS/c1-2-6-14-10-5-3-4-9(10)13-16-12(17-18-13)11-7-19-8-15-11/h7-10,14H,2-6H2,1H3. The van der Waals surface area contributed by atoms with Crippen molar-refractivity contribution in [3.05, 3.63) is 16.8 Å². The maximum atomic E-state index is 5.45. The molecule has 1 N–H and O–H groups in total. The van der Waals surface area contributed by atoms with E-state index in [-0.39, 0.29) is 0 Å². The highest BCUT2D eigenvalue weighted by Gasteiger charge is 2.32. The topological polar surface area (TPSA) is 63.8 Å². The lowest BCUT2D eigenvalue weighted by Crippen LogP contribution is -2.31. The van der Waals surface area contributed by atoms with Crippen molar-refractivity contribution in [1.29, 1.82) is 0 Å². The molecule has 0 saturated heterocycles. The third kappa shape index (κ3) is 2.69. The van der Waals surface area contributed by atoms with Crippen LogP contribution in [0.5, 0.6) is 0 Å². The number of nitrogens with zero attached hydrogens (tertiary/aromatic N) is 3. The van der Waals surface area contributed by atoms with Crippen LogP contribution in [0.15, 0.2) is 15.4 Å². The zero-order chi connectivity index (χ0) is 13.1. The van der Waals surface area contributed by atoms with Gasteiger partial charge in [-0.2, -0.15) is 4.98 Å². The summed E-state index contributed by atoms with van der Waals surface area (Å²) in [5.41, 5.74) is 2.59. The largest absolute Gasteiger partial charge is 0.339 e. The maximum absolute atomic E-state index is 5.45. The van der Waals surface area contributed by atoms with Gasteiger partial charge in [0.25, 0.3) is 0 Å². The van der Waals surface area contributed by atoms with E-state index in [4.69, 9.17) is 4.52 Å². The van der Waals surface area contributed by atoms with Crippen molar-refractivity contribution in [3.63, 3.8) is 0 Å². The molecule has 5 nitrogen and oxygen atoms in total. The molecular formula is C13H18N4OS. The smallest absolute Gasteiger partial charge is 0.231 e. The molecule has 1 aliphatic rings. The van der Waals surface area contributed by atoms with Gasteiger partial charge in [0.05, 0.1) is 11.4 Å². The fourth-order valence-electron chi connectivity index (χ4n) is 2.64. The predicted octanol–water partition coefficient (Wildman–Crippen LogP) is 2.83. The van der Waals surface area contributed by atoms with E-state index in [1.807, 2.05) is 5.38 Å². The van der Waals surface area contributed by atoms with Crippen LogP contribution in [0.4, 0.5) is 0 Å². The lowest BCUT2D eigenvalue weighted by atomic mass is 10.0. The van der Waals surface area contributed by atoms with Gasteiger partial charge in [-0.1, -0.05) is 18.5 Å². The van der Waals surface area contributed by atoms with Crippen LogP contribution in [-0.4, -0.2) is 27.7 Å². The number of aromatic nitrogens is 3. The third-order valence-corrected chi connectivity index (χ3v) is 4.18. The van der Waals surface area contributed by atoms with Gasteiger partial charge in [-0.3, -0.25) is 0 Å². The summed E-state index contributed by atoms with van der Waals surface area (Å²) in [7, 11) is 0. The quantitative estimate of drug-likeness (QED) is 0.911. The number of hydrogen-bond donors (Lipinski definition) is 1. The Morgan fingerprint density at radius 1 is 1.47 bits per heavy atom. The maximum Gasteiger partial charge on any atom is 0.231 e. The zero-order valence-corrected chi connectivity index (χ0v) is 11.8. The highest BCUT2D eigenvalue weighted by atomic mass is 32.1. The average Bonchev–Trinajstić information content (AvgIpc) is 3.14. The number of thiazole rings is 1. The molecule has 6 heteroatoms. The number of nitrogens with one attached hydrogen (secondary N) is 1. The first-order valence-corrected chi connectivity index (χ1v) is 7.78. The molecule has 0 aromatic carbocycles. The second-order valence-corrected chi connectivity index (χ2v) is 5.65. The molecular weight excluding hydrogens is 260 g/mol. The van der Waals surface area contributed by atoms with Crippen LogP contribution in [0.2, 0.25) is 0 Å². The predicted molar refractivity (Wildman–Crippen MR) is 74.1 cm³/mol. The van der Waals surface area contributed by atoms with E-state index < -0.39 is 0 Å². The second-order valence-electron chi connectivity index (χ2n) is 4.93. The Kier molecular flexibility index (Phi) is 3.89. The van der Waals surface area contributed by atoms with Crippen LogP contribution in [0, 0.1) is 0 Å². The van der Waals surface area contributed by atoms with E-state index >= 15 is 0 Å². The molecule has 1 aliphatic carbocycles. The molecule has 0 aliphatic heterocycles. The van der Waals surface area contributed by atoms with Gasteiger partial charge in [0.2, 0.25) is 11.7 Å².